The normalized spacial score (nSPS) is 16.2. The van der Waals surface area contributed by atoms with Crippen LogP contribution in [0.5, 0.6) is 0 Å². The molecule has 1 aromatic heterocycles. The van der Waals surface area contributed by atoms with Crippen molar-refractivity contribution in [3.63, 3.8) is 0 Å². The van der Waals surface area contributed by atoms with E-state index in [2.05, 4.69) is 20.9 Å². The predicted molar refractivity (Wildman–Crippen MR) is 94.9 cm³/mol. The molecule has 1 aromatic carbocycles. The van der Waals surface area contributed by atoms with E-state index in [1.165, 1.54) is 6.07 Å². The molecule has 138 valence electrons. The van der Waals surface area contributed by atoms with E-state index in [-0.39, 0.29) is 29.4 Å². The van der Waals surface area contributed by atoms with Crippen LogP contribution in [-0.4, -0.2) is 38.9 Å². The van der Waals surface area contributed by atoms with Crippen molar-refractivity contribution in [1.82, 2.24) is 25.6 Å². The number of nitro benzene ring substituents is 1. The number of hydrogen-bond donors (Lipinski definition) is 2. The minimum absolute atomic E-state index is 0.0421. The first kappa shape index (κ1) is 18.0. The molecule has 1 saturated heterocycles. The number of rotatable bonds is 5. The van der Waals surface area contributed by atoms with E-state index in [9.17, 15) is 14.9 Å². The Bertz CT molecular complexity index is 813. The van der Waals surface area contributed by atoms with Crippen molar-refractivity contribution in [2.45, 2.75) is 38.8 Å². The molecule has 1 unspecified atom stereocenters. The maximum atomic E-state index is 12.4. The van der Waals surface area contributed by atoms with E-state index in [4.69, 9.17) is 0 Å². The van der Waals surface area contributed by atoms with Crippen LogP contribution in [0.3, 0.4) is 0 Å². The Morgan fingerprint density at radius 3 is 2.85 bits per heavy atom. The maximum absolute atomic E-state index is 12.4. The van der Waals surface area contributed by atoms with Gasteiger partial charge in [0.1, 0.15) is 0 Å². The first-order valence-corrected chi connectivity index (χ1v) is 8.64. The molecule has 2 aromatic rings. The zero-order chi connectivity index (χ0) is 18.7. The van der Waals surface area contributed by atoms with Crippen LogP contribution < -0.4 is 10.6 Å². The molecular formula is C17H22N6O3. The number of hydrogen-bond acceptors (Lipinski definition) is 6. The van der Waals surface area contributed by atoms with E-state index in [0.29, 0.717) is 11.1 Å². The van der Waals surface area contributed by atoms with Crippen molar-refractivity contribution >= 4 is 11.6 Å². The Balaban J connectivity index is 1.69. The highest BCUT2D eigenvalue weighted by atomic mass is 16.6. The number of nitro groups is 1. The van der Waals surface area contributed by atoms with Gasteiger partial charge in [-0.25, -0.2) is 4.68 Å². The lowest BCUT2D eigenvalue weighted by atomic mass is 10.0. The summed E-state index contributed by atoms with van der Waals surface area (Å²) in [5.41, 5.74) is 1.54. The van der Waals surface area contributed by atoms with Gasteiger partial charge in [-0.1, -0.05) is 17.3 Å². The molecule has 0 bridgehead atoms. The Morgan fingerprint density at radius 2 is 2.15 bits per heavy atom. The van der Waals surface area contributed by atoms with Crippen molar-refractivity contribution in [2.75, 3.05) is 13.1 Å². The minimum Gasteiger partial charge on any atom is -0.344 e. The lowest BCUT2D eigenvalue weighted by molar-refractivity contribution is -0.385. The van der Waals surface area contributed by atoms with Crippen LogP contribution in [0, 0.1) is 17.0 Å². The topological polar surface area (TPSA) is 115 Å². The Hall–Kier alpha value is -2.81. The molecule has 9 nitrogen and oxygen atoms in total. The fraction of sp³-hybridized carbons (Fsp3) is 0.471. The van der Waals surface area contributed by atoms with Gasteiger partial charge in [0.05, 0.1) is 23.2 Å². The van der Waals surface area contributed by atoms with Crippen LogP contribution in [0.4, 0.5) is 5.69 Å². The first-order valence-electron chi connectivity index (χ1n) is 8.64. The summed E-state index contributed by atoms with van der Waals surface area (Å²) >= 11 is 0. The number of amides is 1. The van der Waals surface area contributed by atoms with Crippen molar-refractivity contribution in [3.8, 4) is 0 Å². The fourth-order valence-electron chi connectivity index (χ4n) is 3.08. The van der Waals surface area contributed by atoms with Crippen LogP contribution in [0.1, 0.15) is 53.5 Å². The SMILES string of the molecule is Cc1ccc(C(C)NC(=O)c2cn(C3CCNCC3)nn2)cc1[N+](=O)[O-]. The summed E-state index contributed by atoms with van der Waals surface area (Å²) in [6.45, 7) is 5.32. The number of nitrogens with zero attached hydrogens (tertiary/aromatic N) is 4. The highest BCUT2D eigenvalue weighted by molar-refractivity contribution is 5.92. The number of nitrogens with one attached hydrogen (secondary N) is 2. The van der Waals surface area contributed by atoms with Crippen LogP contribution >= 0.6 is 0 Å². The molecule has 9 heteroatoms. The summed E-state index contributed by atoms with van der Waals surface area (Å²) in [7, 11) is 0. The summed E-state index contributed by atoms with van der Waals surface area (Å²) in [6.07, 6.45) is 3.57. The molecule has 2 N–H and O–H groups in total. The molecule has 0 radical (unpaired) electrons. The third-order valence-electron chi connectivity index (χ3n) is 4.70. The quantitative estimate of drug-likeness (QED) is 0.623. The number of benzene rings is 1. The number of carbonyl (C=O) groups excluding carboxylic acids is 1. The third kappa shape index (κ3) is 3.88. The van der Waals surface area contributed by atoms with Gasteiger partial charge < -0.3 is 10.6 Å². The van der Waals surface area contributed by atoms with Gasteiger partial charge in [-0.05, 0) is 45.3 Å². The standard InChI is InChI=1S/C17H22N6O3/c1-11-3-4-13(9-16(11)23(25)26)12(2)19-17(24)15-10-22(21-20-15)14-5-7-18-8-6-14/h3-4,9-10,12,14,18H,5-8H2,1-2H3,(H,19,24). The van der Waals surface area contributed by atoms with Crippen molar-refractivity contribution < 1.29 is 9.72 Å². The van der Waals surface area contributed by atoms with Crippen molar-refractivity contribution in [3.05, 3.63) is 51.3 Å². The maximum Gasteiger partial charge on any atom is 0.273 e. The van der Waals surface area contributed by atoms with Crippen LogP contribution in [0.25, 0.3) is 0 Å². The predicted octanol–water partition coefficient (Wildman–Crippen LogP) is 1.91. The third-order valence-corrected chi connectivity index (χ3v) is 4.70. The minimum atomic E-state index is -0.419. The van der Waals surface area contributed by atoms with Crippen molar-refractivity contribution in [2.24, 2.45) is 0 Å². The van der Waals surface area contributed by atoms with Gasteiger partial charge in [-0.3, -0.25) is 14.9 Å². The summed E-state index contributed by atoms with van der Waals surface area (Å²) in [5.74, 6) is -0.346. The number of aromatic nitrogens is 3. The van der Waals surface area contributed by atoms with Crippen LogP contribution in [0.15, 0.2) is 24.4 Å². The molecule has 1 amide bonds. The van der Waals surface area contributed by atoms with E-state index in [0.717, 1.165) is 25.9 Å². The molecule has 1 aliphatic heterocycles. The summed E-state index contributed by atoms with van der Waals surface area (Å²) in [5, 5.41) is 25.2. The van der Waals surface area contributed by atoms with E-state index in [1.54, 1.807) is 36.9 Å². The van der Waals surface area contributed by atoms with Gasteiger partial charge in [0.25, 0.3) is 11.6 Å². The molecule has 2 heterocycles. The van der Waals surface area contributed by atoms with Gasteiger partial charge in [0.2, 0.25) is 0 Å². The molecular weight excluding hydrogens is 336 g/mol. The monoisotopic (exact) mass is 358 g/mol. The van der Waals surface area contributed by atoms with Gasteiger partial charge in [0, 0.05) is 11.6 Å². The summed E-state index contributed by atoms with van der Waals surface area (Å²) in [4.78, 5) is 23.1. The second kappa shape index (κ2) is 7.61. The fourth-order valence-corrected chi connectivity index (χ4v) is 3.08. The first-order chi connectivity index (χ1) is 12.5. The molecule has 1 fully saturated rings. The van der Waals surface area contributed by atoms with Crippen molar-refractivity contribution in [1.29, 1.82) is 0 Å². The molecule has 1 aliphatic rings. The van der Waals surface area contributed by atoms with E-state index >= 15 is 0 Å². The lowest BCUT2D eigenvalue weighted by Crippen LogP contribution is -2.29. The zero-order valence-corrected chi connectivity index (χ0v) is 14.8. The summed E-state index contributed by atoms with van der Waals surface area (Å²) in [6, 6.07) is 4.82. The zero-order valence-electron chi connectivity index (χ0n) is 14.8. The molecule has 0 aliphatic carbocycles. The largest absolute Gasteiger partial charge is 0.344 e. The number of piperidine rings is 1. The van der Waals surface area contributed by atoms with Crippen LogP contribution in [0.2, 0.25) is 0 Å². The molecule has 0 saturated carbocycles. The average molecular weight is 358 g/mol. The number of aryl methyl sites for hydroxylation is 1. The smallest absolute Gasteiger partial charge is 0.273 e. The van der Waals surface area contributed by atoms with Gasteiger partial charge in [-0.15, -0.1) is 5.10 Å². The molecule has 3 rings (SSSR count). The van der Waals surface area contributed by atoms with Gasteiger partial charge >= 0.3 is 0 Å². The summed E-state index contributed by atoms with van der Waals surface area (Å²) < 4.78 is 1.75. The Labute approximate surface area is 150 Å². The van der Waals surface area contributed by atoms with E-state index in [1.807, 2.05) is 0 Å². The Morgan fingerprint density at radius 1 is 1.42 bits per heavy atom. The highest BCUT2D eigenvalue weighted by Crippen LogP contribution is 2.23. The Kier molecular flexibility index (Phi) is 5.27. The molecule has 26 heavy (non-hydrogen) atoms. The van der Waals surface area contributed by atoms with E-state index < -0.39 is 4.92 Å². The average Bonchev–Trinajstić information content (AvgIpc) is 3.13. The number of carbonyl (C=O) groups is 1. The van der Waals surface area contributed by atoms with Crippen LogP contribution in [-0.2, 0) is 0 Å². The molecule has 0 spiro atoms. The second-order valence-corrected chi connectivity index (χ2v) is 6.56. The second-order valence-electron chi connectivity index (χ2n) is 6.56. The van der Waals surface area contributed by atoms with Gasteiger partial charge in [0.15, 0.2) is 5.69 Å². The highest BCUT2D eigenvalue weighted by Gasteiger charge is 2.21. The molecule has 1 atom stereocenters. The lowest BCUT2D eigenvalue weighted by Gasteiger charge is -2.22. The van der Waals surface area contributed by atoms with Gasteiger partial charge in [-0.2, -0.15) is 0 Å².